The molecular weight excluding hydrogens is 332 g/mol. The molecule has 4 nitrogen and oxygen atoms in total. The molecule has 0 bridgehead atoms. The molecule has 0 aliphatic rings. The molecule has 0 radical (unpaired) electrons. The Labute approximate surface area is 159 Å². The summed E-state index contributed by atoms with van der Waals surface area (Å²) in [5.74, 6) is 1.25. The lowest BCUT2D eigenvalue weighted by atomic mass is 10.0. The van der Waals surface area contributed by atoms with E-state index in [1.807, 2.05) is 59.1 Å². The van der Waals surface area contributed by atoms with E-state index in [0.717, 1.165) is 34.0 Å². The number of hydrogen-bond acceptors (Lipinski definition) is 3. The highest BCUT2D eigenvalue weighted by atomic mass is 15.2. The van der Waals surface area contributed by atoms with E-state index < -0.39 is 0 Å². The van der Waals surface area contributed by atoms with Crippen molar-refractivity contribution >= 4 is 17.2 Å². The first-order valence-electron chi connectivity index (χ1n) is 9.17. The molecule has 0 atom stereocenters. The number of fused-ring (bicyclic) bond motifs is 1. The minimum absolute atomic E-state index is 0.502. The summed E-state index contributed by atoms with van der Waals surface area (Å²) in [5.41, 5.74) is 6.01. The van der Waals surface area contributed by atoms with Crippen LogP contribution >= 0.6 is 0 Å². The van der Waals surface area contributed by atoms with Gasteiger partial charge in [0.2, 0.25) is 0 Å². The van der Waals surface area contributed by atoms with Crippen molar-refractivity contribution in [1.82, 2.24) is 9.38 Å². The van der Waals surface area contributed by atoms with Crippen LogP contribution in [0.4, 0.5) is 11.5 Å². The molecule has 0 saturated carbocycles. The van der Waals surface area contributed by atoms with Crippen LogP contribution in [0.1, 0.15) is 30.9 Å². The van der Waals surface area contributed by atoms with Gasteiger partial charge in [-0.2, -0.15) is 0 Å². The molecule has 0 fully saturated rings. The number of aryl methyl sites for hydroxylation is 1. The van der Waals surface area contributed by atoms with Gasteiger partial charge >= 0.3 is 0 Å². The third kappa shape index (κ3) is 3.51. The fourth-order valence-electron chi connectivity index (χ4n) is 3.05. The van der Waals surface area contributed by atoms with Gasteiger partial charge in [0.05, 0.1) is 5.69 Å². The van der Waals surface area contributed by atoms with Gasteiger partial charge in [-0.1, -0.05) is 62.4 Å². The molecule has 4 heteroatoms. The highest BCUT2D eigenvalue weighted by molar-refractivity contribution is 5.74. The lowest BCUT2D eigenvalue weighted by molar-refractivity contribution is 0.866. The summed E-state index contributed by atoms with van der Waals surface area (Å²) in [5, 5.41) is 9.06. The molecule has 134 valence electrons. The molecule has 4 rings (SSSR count). The van der Waals surface area contributed by atoms with Crippen molar-refractivity contribution in [3.8, 4) is 11.3 Å². The van der Waals surface area contributed by atoms with Crippen LogP contribution in [0.15, 0.2) is 83.2 Å². The number of rotatable bonds is 4. The maximum atomic E-state index is 4.78. The SMILES string of the molecule is Cc1ccc2nc(-c3ccccc3)c(N=Nc3ccc(C(C)C)cc3)n2c1. The maximum Gasteiger partial charge on any atom is 0.187 e. The Morgan fingerprint density at radius 3 is 2.30 bits per heavy atom. The molecule has 0 spiro atoms. The predicted molar refractivity (Wildman–Crippen MR) is 110 cm³/mol. The average molecular weight is 354 g/mol. The minimum Gasteiger partial charge on any atom is -0.282 e. The molecule has 0 saturated heterocycles. The summed E-state index contributed by atoms with van der Waals surface area (Å²) in [6, 6.07) is 22.4. The fraction of sp³-hybridized carbons (Fsp3) is 0.174. The van der Waals surface area contributed by atoms with Gasteiger partial charge in [0, 0.05) is 11.8 Å². The largest absolute Gasteiger partial charge is 0.282 e. The van der Waals surface area contributed by atoms with Crippen molar-refractivity contribution in [1.29, 1.82) is 0 Å². The van der Waals surface area contributed by atoms with E-state index in [2.05, 4.69) is 49.2 Å². The lowest BCUT2D eigenvalue weighted by Crippen LogP contribution is -1.85. The van der Waals surface area contributed by atoms with Gasteiger partial charge in [0.25, 0.3) is 0 Å². The molecule has 0 unspecified atom stereocenters. The van der Waals surface area contributed by atoms with Gasteiger partial charge in [0.15, 0.2) is 5.82 Å². The Morgan fingerprint density at radius 2 is 1.59 bits per heavy atom. The minimum atomic E-state index is 0.502. The predicted octanol–water partition coefficient (Wildman–Crippen LogP) is 6.85. The van der Waals surface area contributed by atoms with Crippen molar-refractivity contribution < 1.29 is 0 Å². The number of imidazole rings is 1. The highest BCUT2D eigenvalue weighted by Crippen LogP contribution is 2.32. The van der Waals surface area contributed by atoms with Crippen LogP contribution in [-0.4, -0.2) is 9.38 Å². The highest BCUT2D eigenvalue weighted by Gasteiger charge is 2.14. The van der Waals surface area contributed by atoms with Crippen LogP contribution in [-0.2, 0) is 0 Å². The number of hydrogen-bond donors (Lipinski definition) is 0. The van der Waals surface area contributed by atoms with E-state index in [9.17, 15) is 0 Å². The molecule has 2 aromatic carbocycles. The van der Waals surface area contributed by atoms with Crippen LogP contribution in [0.25, 0.3) is 16.9 Å². The Kier molecular flexibility index (Phi) is 4.55. The average Bonchev–Trinajstić information content (AvgIpc) is 3.05. The summed E-state index contributed by atoms with van der Waals surface area (Å²) >= 11 is 0. The van der Waals surface area contributed by atoms with Crippen molar-refractivity contribution in [3.05, 3.63) is 84.1 Å². The van der Waals surface area contributed by atoms with Crippen LogP contribution in [0.3, 0.4) is 0 Å². The second kappa shape index (κ2) is 7.16. The van der Waals surface area contributed by atoms with Crippen LogP contribution in [0.2, 0.25) is 0 Å². The van der Waals surface area contributed by atoms with E-state index in [4.69, 9.17) is 4.98 Å². The molecular formula is C23H22N4. The molecule has 4 aromatic rings. The topological polar surface area (TPSA) is 42.0 Å². The third-order valence-electron chi connectivity index (χ3n) is 4.61. The summed E-state index contributed by atoms with van der Waals surface area (Å²) in [7, 11) is 0. The van der Waals surface area contributed by atoms with Gasteiger partial charge in [-0.05, 0) is 42.2 Å². The standard InChI is InChI=1S/C23H22N4/c1-16(2)18-10-12-20(13-11-18)25-26-23-22(19-7-5-4-6-8-19)24-21-14-9-17(3)15-27(21)23/h4-16H,1-3H3. The molecule has 0 aliphatic carbocycles. The Hall–Kier alpha value is -3.27. The normalized spacial score (nSPS) is 11.7. The number of azo groups is 1. The van der Waals surface area contributed by atoms with E-state index >= 15 is 0 Å². The van der Waals surface area contributed by atoms with Crippen molar-refractivity contribution in [2.45, 2.75) is 26.7 Å². The van der Waals surface area contributed by atoms with E-state index in [-0.39, 0.29) is 0 Å². The Balaban J connectivity index is 1.80. The number of nitrogens with zero attached hydrogens (tertiary/aromatic N) is 4. The van der Waals surface area contributed by atoms with E-state index in [1.54, 1.807) is 0 Å². The number of pyridine rings is 1. The monoisotopic (exact) mass is 354 g/mol. The number of aromatic nitrogens is 2. The van der Waals surface area contributed by atoms with E-state index in [1.165, 1.54) is 5.56 Å². The second-order valence-electron chi connectivity index (χ2n) is 7.03. The van der Waals surface area contributed by atoms with Gasteiger partial charge in [-0.25, -0.2) is 4.98 Å². The molecule has 27 heavy (non-hydrogen) atoms. The lowest BCUT2D eigenvalue weighted by Gasteiger charge is -2.04. The van der Waals surface area contributed by atoms with Gasteiger partial charge in [0.1, 0.15) is 11.3 Å². The van der Waals surface area contributed by atoms with E-state index in [0.29, 0.717) is 5.92 Å². The summed E-state index contributed by atoms with van der Waals surface area (Å²) in [6.07, 6.45) is 2.05. The van der Waals surface area contributed by atoms with Crippen LogP contribution in [0.5, 0.6) is 0 Å². The molecule has 2 heterocycles. The summed E-state index contributed by atoms with van der Waals surface area (Å²) in [4.78, 5) is 4.78. The van der Waals surface area contributed by atoms with Gasteiger partial charge < -0.3 is 0 Å². The summed E-state index contributed by atoms with van der Waals surface area (Å²) < 4.78 is 2.00. The first-order chi connectivity index (χ1) is 13.1. The van der Waals surface area contributed by atoms with Gasteiger partial charge in [-0.15, -0.1) is 10.2 Å². The zero-order valence-electron chi connectivity index (χ0n) is 15.8. The Morgan fingerprint density at radius 1 is 0.852 bits per heavy atom. The smallest absolute Gasteiger partial charge is 0.187 e. The molecule has 0 N–H and O–H groups in total. The fourth-order valence-corrected chi connectivity index (χ4v) is 3.05. The van der Waals surface area contributed by atoms with Crippen molar-refractivity contribution in [2.75, 3.05) is 0 Å². The van der Waals surface area contributed by atoms with Crippen LogP contribution < -0.4 is 0 Å². The van der Waals surface area contributed by atoms with Crippen molar-refractivity contribution in [3.63, 3.8) is 0 Å². The maximum absolute atomic E-state index is 4.78. The number of benzene rings is 2. The first kappa shape index (κ1) is 17.2. The molecule has 0 amide bonds. The van der Waals surface area contributed by atoms with Crippen molar-refractivity contribution in [2.24, 2.45) is 10.2 Å². The first-order valence-corrected chi connectivity index (χ1v) is 9.17. The second-order valence-corrected chi connectivity index (χ2v) is 7.03. The molecule has 2 aromatic heterocycles. The third-order valence-corrected chi connectivity index (χ3v) is 4.61. The molecule has 0 aliphatic heterocycles. The zero-order valence-corrected chi connectivity index (χ0v) is 15.8. The Bertz CT molecular complexity index is 1090. The zero-order chi connectivity index (χ0) is 18.8. The quantitative estimate of drug-likeness (QED) is 0.370. The van der Waals surface area contributed by atoms with Gasteiger partial charge in [-0.3, -0.25) is 4.40 Å². The summed E-state index contributed by atoms with van der Waals surface area (Å²) in [6.45, 7) is 6.43. The van der Waals surface area contributed by atoms with Crippen LogP contribution in [0, 0.1) is 6.92 Å².